The quantitative estimate of drug-likeness (QED) is 0.767. The molecule has 3 N–H and O–H groups in total. The first-order valence-corrected chi connectivity index (χ1v) is 8.85. The van der Waals surface area contributed by atoms with E-state index in [2.05, 4.69) is 4.90 Å². The zero-order valence-electron chi connectivity index (χ0n) is 14.8. The zero-order chi connectivity index (χ0) is 18.4. The number of nitrogens with two attached hydrogens (primary N) is 1. The number of anilines is 1. The number of nitrogens with zero attached hydrogens (tertiary/aromatic N) is 2. The first kappa shape index (κ1) is 18.2. The Hall–Kier alpha value is -2.57. The number of hydrogen-bond donors (Lipinski definition) is 2. The summed E-state index contributed by atoms with van der Waals surface area (Å²) in [4.78, 5) is 16.5. The second kappa shape index (κ2) is 8.69. The molecule has 6 heteroatoms. The van der Waals surface area contributed by atoms with E-state index in [0.29, 0.717) is 30.9 Å². The molecule has 26 heavy (non-hydrogen) atoms. The van der Waals surface area contributed by atoms with Gasteiger partial charge in [0.2, 0.25) is 0 Å². The normalized spacial score (nSPS) is 16.3. The standard InChI is InChI=1S/C20H25N3O3/c21-17-6-4-5-16(13-17)20(25)23-11-9-22(10-12-23)14-18(24)15-26-19-7-2-1-3-8-19/h1-8,13,18,24H,9-12,14-15,21H2. The van der Waals surface area contributed by atoms with Crippen LogP contribution in [0.2, 0.25) is 0 Å². The van der Waals surface area contributed by atoms with E-state index in [4.69, 9.17) is 10.5 Å². The molecule has 0 aliphatic carbocycles. The highest BCUT2D eigenvalue weighted by Crippen LogP contribution is 2.13. The number of rotatable bonds is 6. The SMILES string of the molecule is Nc1cccc(C(=O)N2CCN(CC(O)COc3ccccc3)CC2)c1. The first-order chi connectivity index (χ1) is 12.6. The summed E-state index contributed by atoms with van der Waals surface area (Å²) >= 11 is 0. The van der Waals surface area contributed by atoms with Crippen LogP contribution in [0, 0.1) is 0 Å². The monoisotopic (exact) mass is 355 g/mol. The van der Waals surface area contributed by atoms with E-state index < -0.39 is 6.10 Å². The van der Waals surface area contributed by atoms with Gasteiger partial charge in [-0.15, -0.1) is 0 Å². The molecule has 3 rings (SSSR count). The molecule has 2 aromatic carbocycles. The lowest BCUT2D eigenvalue weighted by Crippen LogP contribution is -2.51. The third-order valence-electron chi connectivity index (χ3n) is 4.45. The van der Waals surface area contributed by atoms with Gasteiger partial charge in [0.25, 0.3) is 5.91 Å². The Morgan fingerprint density at radius 3 is 2.50 bits per heavy atom. The van der Waals surface area contributed by atoms with Crippen molar-refractivity contribution >= 4 is 11.6 Å². The van der Waals surface area contributed by atoms with Gasteiger partial charge in [-0.25, -0.2) is 0 Å². The number of aliphatic hydroxyl groups excluding tert-OH is 1. The molecule has 1 saturated heterocycles. The van der Waals surface area contributed by atoms with E-state index in [0.717, 1.165) is 18.8 Å². The number of para-hydroxylation sites is 1. The maximum absolute atomic E-state index is 12.5. The molecular weight excluding hydrogens is 330 g/mol. The number of ether oxygens (including phenoxy) is 1. The van der Waals surface area contributed by atoms with Crippen LogP contribution in [-0.4, -0.2) is 66.2 Å². The fourth-order valence-electron chi connectivity index (χ4n) is 3.05. The summed E-state index contributed by atoms with van der Waals surface area (Å²) < 4.78 is 5.58. The maximum atomic E-state index is 12.5. The summed E-state index contributed by atoms with van der Waals surface area (Å²) in [5.74, 6) is 0.758. The smallest absolute Gasteiger partial charge is 0.254 e. The zero-order valence-corrected chi connectivity index (χ0v) is 14.8. The van der Waals surface area contributed by atoms with Crippen LogP contribution in [0.3, 0.4) is 0 Å². The van der Waals surface area contributed by atoms with E-state index in [9.17, 15) is 9.90 Å². The number of aliphatic hydroxyl groups is 1. The Morgan fingerprint density at radius 2 is 1.81 bits per heavy atom. The molecule has 1 aliphatic rings. The van der Waals surface area contributed by atoms with Crippen molar-refractivity contribution in [3.8, 4) is 5.75 Å². The van der Waals surface area contributed by atoms with Gasteiger partial charge in [-0.05, 0) is 30.3 Å². The molecule has 0 saturated carbocycles. The van der Waals surface area contributed by atoms with Gasteiger partial charge in [0.1, 0.15) is 18.5 Å². The van der Waals surface area contributed by atoms with Crippen molar-refractivity contribution in [2.24, 2.45) is 0 Å². The van der Waals surface area contributed by atoms with Crippen molar-refractivity contribution in [1.29, 1.82) is 0 Å². The molecule has 2 aromatic rings. The van der Waals surface area contributed by atoms with Crippen molar-refractivity contribution in [1.82, 2.24) is 9.80 Å². The molecule has 138 valence electrons. The highest BCUT2D eigenvalue weighted by atomic mass is 16.5. The van der Waals surface area contributed by atoms with E-state index in [1.54, 1.807) is 24.3 Å². The molecule has 0 radical (unpaired) electrons. The van der Waals surface area contributed by atoms with Gasteiger partial charge in [-0.2, -0.15) is 0 Å². The number of carbonyl (C=O) groups is 1. The lowest BCUT2D eigenvalue weighted by Gasteiger charge is -2.35. The number of carbonyl (C=O) groups excluding carboxylic acids is 1. The molecule has 1 unspecified atom stereocenters. The number of benzene rings is 2. The molecule has 0 aromatic heterocycles. The summed E-state index contributed by atoms with van der Waals surface area (Å²) in [6.07, 6.45) is -0.564. The summed E-state index contributed by atoms with van der Waals surface area (Å²) in [6, 6.07) is 16.5. The van der Waals surface area contributed by atoms with Gasteiger partial charge in [-0.1, -0.05) is 24.3 Å². The Kier molecular flexibility index (Phi) is 6.09. The number of β-amino-alcohol motifs (C(OH)–C–C–N with tert-alkyl or cyclic N) is 1. The number of nitrogen functional groups attached to an aromatic ring is 1. The minimum Gasteiger partial charge on any atom is -0.491 e. The molecule has 0 spiro atoms. The number of amides is 1. The predicted octanol–water partition coefficient (Wildman–Crippen LogP) is 1.47. The van der Waals surface area contributed by atoms with Crippen LogP contribution in [0.25, 0.3) is 0 Å². The average Bonchev–Trinajstić information content (AvgIpc) is 2.67. The topological polar surface area (TPSA) is 79.0 Å². The lowest BCUT2D eigenvalue weighted by molar-refractivity contribution is 0.0403. The number of piperazine rings is 1. The summed E-state index contributed by atoms with van der Waals surface area (Å²) in [7, 11) is 0. The number of hydrogen-bond acceptors (Lipinski definition) is 5. The van der Waals surface area contributed by atoms with Gasteiger partial charge in [0.15, 0.2) is 0 Å². The van der Waals surface area contributed by atoms with Gasteiger partial charge >= 0.3 is 0 Å². The maximum Gasteiger partial charge on any atom is 0.254 e. The average molecular weight is 355 g/mol. The second-order valence-electron chi connectivity index (χ2n) is 6.50. The third kappa shape index (κ3) is 4.97. The highest BCUT2D eigenvalue weighted by molar-refractivity contribution is 5.95. The van der Waals surface area contributed by atoms with Crippen LogP contribution in [0.5, 0.6) is 5.75 Å². The fourth-order valence-corrected chi connectivity index (χ4v) is 3.05. The Labute approximate surface area is 153 Å². The van der Waals surface area contributed by atoms with E-state index in [1.807, 2.05) is 35.2 Å². The minimum absolute atomic E-state index is 0.00455. The van der Waals surface area contributed by atoms with Crippen molar-refractivity contribution in [2.75, 3.05) is 45.1 Å². The van der Waals surface area contributed by atoms with Crippen molar-refractivity contribution in [3.05, 3.63) is 60.2 Å². The van der Waals surface area contributed by atoms with Gasteiger partial charge < -0.3 is 20.5 Å². The first-order valence-electron chi connectivity index (χ1n) is 8.85. The van der Waals surface area contributed by atoms with Crippen molar-refractivity contribution < 1.29 is 14.6 Å². The van der Waals surface area contributed by atoms with E-state index in [1.165, 1.54) is 0 Å². The second-order valence-corrected chi connectivity index (χ2v) is 6.50. The van der Waals surface area contributed by atoms with Gasteiger partial charge in [-0.3, -0.25) is 9.69 Å². The summed E-state index contributed by atoms with van der Waals surface area (Å²) in [5, 5.41) is 10.2. The van der Waals surface area contributed by atoms with E-state index in [-0.39, 0.29) is 12.5 Å². The highest BCUT2D eigenvalue weighted by Gasteiger charge is 2.23. The Morgan fingerprint density at radius 1 is 1.08 bits per heavy atom. The molecule has 6 nitrogen and oxygen atoms in total. The van der Waals surface area contributed by atoms with Crippen LogP contribution in [0.4, 0.5) is 5.69 Å². The Bertz CT molecular complexity index is 715. The third-order valence-corrected chi connectivity index (χ3v) is 4.45. The van der Waals surface area contributed by atoms with Crippen molar-refractivity contribution in [2.45, 2.75) is 6.10 Å². The van der Waals surface area contributed by atoms with E-state index >= 15 is 0 Å². The van der Waals surface area contributed by atoms with Crippen LogP contribution in [0.15, 0.2) is 54.6 Å². The summed E-state index contributed by atoms with van der Waals surface area (Å²) in [6.45, 7) is 3.53. The van der Waals surface area contributed by atoms with Gasteiger partial charge in [0, 0.05) is 44.0 Å². The molecule has 1 aliphatic heterocycles. The van der Waals surface area contributed by atoms with Crippen LogP contribution in [0.1, 0.15) is 10.4 Å². The predicted molar refractivity (Wildman–Crippen MR) is 101 cm³/mol. The molecule has 1 heterocycles. The van der Waals surface area contributed by atoms with Crippen LogP contribution in [-0.2, 0) is 0 Å². The fraction of sp³-hybridized carbons (Fsp3) is 0.350. The molecule has 1 amide bonds. The Balaban J connectivity index is 1.42. The van der Waals surface area contributed by atoms with Crippen LogP contribution < -0.4 is 10.5 Å². The van der Waals surface area contributed by atoms with Gasteiger partial charge in [0.05, 0.1) is 0 Å². The lowest BCUT2D eigenvalue weighted by atomic mass is 10.1. The minimum atomic E-state index is -0.564. The molecule has 0 bridgehead atoms. The van der Waals surface area contributed by atoms with Crippen molar-refractivity contribution in [3.63, 3.8) is 0 Å². The van der Waals surface area contributed by atoms with Crippen LogP contribution >= 0.6 is 0 Å². The molecule has 1 fully saturated rings. The summed E-state index contributed by atoms with van der Waals surface area (Å²) in [5.41, 5.74) is 6.97. The molecule has 1 atom stereocenters. The molecular formula is C20H25N3O3. The largest absolute Gasteiger partial charge is 0.491 e.